The lowest BCUT2D eigenvalue weighted by Crippen LogP contribution is -2.23. The molecule has 4 heteroatoms. The van der Waals surface area contributed by atoms with Gasteiger partial charge in [-0.2, -0.15) is 0 Å². The van der Waals surface area contributed by atoms with Gasteiger partial charge in [-0.1, -0.05) is 29.3 Å². The Morgan fingerprint density at radius 3 is 2.67 bits per heavy atom. The summed E-state index contributed by atoms with van der Waals surface area (Å²) in [5.74, 6) is 0. The molecule has 1 rings (SSSR count). The monoisotopic (exact) mass is 245 g/mol. The second-order valence-electron chi connectivity index (χ2n) is 3.43. The number of rotatable bonds is 5. The SMILES string of the molecule is CN(CC=O)CCc1ccc(Cl)c(Cl)c1. The first-order valence-corrected chi connectivity index (χ1v) is 5.45. The number of benzene rings is 1. The lowest BCUT2D eigenvalue weighted by Gasteiger charge is -2.12. The third-order valence-corrected chi connectivity index (χ3v) is 2.89. The lowest BCUT2D eigenvalue weighted by atomic mass is 10.1. The van der Waals surface area contributed by atoms with Gasteiger partial charge in [0.15, 0.2) is 0 Å². The van der Waals surface area contributed by atoms with Crippen LogP contribution in [0.25, 0.3) is 0 Å². The van der Waals surface area contributed by atoms with Crippen LogP contribution in [0.4, 0.5) is 0 Å². The Labute approximate surface area is 99.8 Å². The molecule has 0 atom stereocenters. The van der Waals surface area contributed by atoms with E-state index in [1.807, 2.05) is 24.1 Å². The van der Waals surface area contributed by atoms with Crippen LogP contribution in [-0.4, -0.2) is 31.3 Å². The van der Waals surface area contributed by atoms with Crippen LogP contribution in [0.1, 0.15) is 5.56 Å². The van der Waals surface area contributed by atoms with Gasteiger partial charge in [-0.3, -0.25) is 4.90 Å². The third kappa shape index (κ3) is 4.20. The van der Waals surface area contributed by atoms with Gasteiger partial charge in [-0.15, -0.1) is 0 Å². The second-order valence-corrected chi connectivity index (χ2v) is 4.24. The maximum atomic E-state index is 10.2. The highest BCUT2D eigenvalue weighted by molar-refractivity contribution is 6.42. The van der Waals surface area contributed by atoms with Crippen LogP contribution in [-0.2, 0) is 11.2 Å². The average molecular weight is 246 g/mol. The van der Waals surface area contributed by atoms with Gasteiger partial charge in [0.2, 0.25) is 0 Å². The normalized spacial score (nSPS) is 10.7. The summed E-state index contributed by atoms with van der Waals surface area (Å²) in [7, 11) is 1.91. The molecule has 0 saturated carbocycles. The Morgan fingerprint density at radius 2 is 2.07 bits per heavy atom. The molecule has 0 spiro atoms. The first kappa shape index (κ1) is 12.5. The summed E-state index contributed by atoms with van der Waals surface area (Å²) >= 11 is 11.7. The zero-order valence-corrected chi connectivity index (χ0v) is 10.1. The Kier molecular flexibility index (Phi) is 5.09. The molecule has 1 aromatic carbocycles. The van der Waals surface area contributed by atoms with Crippen molar-refractivity contribution in [2.45, 2.75) is 6.42 Å². The lowest BCUT2D eigenvalue weighted by molar-refractivity contribution is -0.108. The van der Waals surface area contributed by atoms with Gasteiger partial charge in [-0.05, 0) is 31.2 Å². The molecule has 0 aliphatic carbocycles. The minimum absolute atomic E-state index is 0.460. The summed E-state index contributed by atoms with van der Waals surface area (Å²) in [6.07, 6.45) is 1.76. The zero-order valence-electron chi connectivity index (χ0n) is 8.54. The molecule has 0 aromatic heterocycles. The van der Waals surface area contributed by atoms with Gasteiger partial charge in [0.05, 0.1) is 16.6 Å². The van der Waals surface area contributed by atoms with Gasteiger partial charge in [0, 0.05) is 6.54 Å². The maximum absolute atomic E-state index is 10.2. The minimum Gasteiger partial charge on any atom is -0.302 e. The van der Waals surface area contributed by atoms with Crippen LogP contribution in [0, 0.1) is 0 Å². The first-order chi connectivity index (χ1) is 7.13. The fourth-order valence-corrected chi connectivity index (χ4v) is 1.55. The molecule has 15 heavy (non-hydrogen) atoms. The van der Waals surface area contributed by atoms with Crippen LogP contribution >= 0.6 is 23.2 Å². The molecule has 0 aliphatic heterocycles. The highest BCUT2D eigenvalue weighted by Crippen LogP contribution is 2.22. The molecular formula is C11H13Cl2NO. The summed E-state index contributed by atoms with van der Waals surface area (Å²) in [6.45, 7) is 1.29. The number of nitrogens with zero attached hydrogens (tertiary/aromatic N) is 1. The number of hydrogen-bond acceptors (Lipinski definition) is 2. The topological polar surface area (TPSA) is 20.3 Å². The van der Waals surface area contributed by atoms with Gasteiger partial charge in [0.1, 0.15) is 6.29 Å². The Hall–Kier alpha value is -0.570. The van der Waals surface area contributed by atoms with Crippen molar-refractivity contribution < 1.29 is 4.79 Å². The summed E-state index contributed by atoms with van der Waals surface area (Å²) in [5, 5.41) is 1.15. The van der Waals surface area contributed by atoms with E-state index < -0.39 is 0 Å². The number of carbonyl (C=O) groups is 1. The van der Waals surface area contributed by atoms with Crippen LogP contribution in [0.2, 0.25) is 10.0 Å². The van der Waals surface area contributed by atoms with E-state index >= 15 is 0 Å². The summed E-state index contributed by atoms with van der Waals surface area (Å²) in [6, 6.07) is 5.60. The second kappa shape index (κ2) is 6.11. The number of hydrogen-bond donors (Lipinski definition) is 0. The van der Waals surface area contributed by atoms with Gasteiger partial charge < -0.3 is 4.79 Å². The Morgan fingerprint density at radius 1 is 1.33 bits per heavy atom. The number of carbonyl (C=O) groups excluding carboxylic acids is 1. The third-order valence-electron chi connectivity index (χ3n) is 2.15. The van der Waals surface area contributed by atoms with E-state index in [9.17, 15) is 4.79 Å². The van der Waals surface area contributed by atoms with Crippen molar-refractivity contribution in [1.29, 1.82) is 0 Å². The summed E-state index contributed by atoms with van der Waals surface area (Å²) in [5.41, 5.74) is 1.13. The van der Waals surface area contributed by atoms with Gasteiger partial charge in [-0.25, -0.2) is 0 Å². The molecule has 0 heterocycles. The molecular weight excluding hydrogens is 233 g/mol. The molecule has 82 valence electrons. The molecule has 0 unspecified atom stereocenters. The molecule has 0 fully saturated rings. The van der Waals surface area contributed by atoms with E-state index in [1.165, 1.54) is 0 Å². The number of likely N-dealkylation sites (N-methyl/N-ethyl adjacent to an activating group) is 1. The van der Waals surface area contributed by atoms with E-state index in [-0.39, 0.29) is 0 Å². The Bertz CT molecular complexity index is 341. The van der Waals surface area contributed by atoms with Crippen molar-refractivity contribution >= 4 is 29.5 Å². The van der Waals surface area contributed by atoms with Crippen molar-refractivity contribution in [2.75, 3.05) is 20.1 Å². The van der Waals surface area contributed by atoms with E-state index in [4.69, 9.17) is 23.2 Å². The number of aldehydes is 1. The smallest absolute Gasteiger partial charge is 0.133 e. The minimum atomic E-state index is 0.460. The van der Waals surface area contributed by atoms with Crippen molar-refractivity contribution in [3.05, 3.63) is 33.8 Å². The van der Waals surface area contributed by atoms with Crippen LogP contribution < -0.4 is 0 Å². The molecule has 1 aromatic rings. The highest BCUT2D eigenvalue weighted by atomic mass is 35.5. The zero-order chi connectivity index (χ0) is 11.3. The molecule has 0 bridgehead atoms. The predicted octanol–water partition coefficient (Wildman–Crippen LogP) is 2.67. The summed E-state index contributed by atoms with van der Waals surface area (Å²) in [4.78, 5) is 12.2. The number of halogens is 2. The maximum Gasteiger partial charge on any atom is 0.133 e. The van der Waals surface area contributed by atoms with Crippen molar-refractivity contribution in [1.82, 2.24) is 4.90 Å². The highest BCUT2D eigenvalue weighted by Gasteiger charge is 2.01. The van der Waals surface area contributed by atoms with Crippen molar-refractivity contribution in [2.24, 2.45) is 0 Å². The van der Waals surface area contributed by atoms with Crippen LogP contribution in [0.5, 0.6) is 0 Å². The fourth-order valence-electron chi connectivity index (χ4n) is 1.23. The molecule has 0 saturated heterocycles. The molecule has 0 aliphatic rings. The summed E-state index contributed by atoms with van der Waals surface area (Å²) < 4.78 is 0. The Balaban J connectivity index is 2.50. The predicted molar refractivity (Wildman–Crippen MR) is 63.7 cm³/mol. The quantitative estimate of drug-likeness (QED) is 0.744. The van der Waals surface area contributed by atoms with E-state index in [1.54, 1.807) is 6.07 Å². The van der Waals surface area contributed by atoms with Gasteiger partial charge in [0.25, 0.3) is 0 Å². The van der Waals surface area contributed by atoms with Gasteiger partial charge >= 0.3 is 0 Å². The van der Waals surface area contributed by atoms with E-state index in [0.29, 0.717) is 16.6 Å². The first-order valence-electron chi connectivity index (χ1n) is 4.69. The van der Waals surface area contributed by atoms with E-state index in [0.717, 1.165) is 24.8 Å². The van der Waals surface area contributed by atoms with Crippen LogP contribution in [0.3, 0.4) is 0 Å². The molecule has 0 radical (unpaired) electrons. The van der Waals surface area contributed by atoms with Crippen molar-refractivity contribution in [3.8, 4) is 0 Å². The molecule has 0 amide bonds. The molecule has 0 N–H and O–H groups in total. The fraction of sp³-hybridized carbons (Fsp3) is 0.364. The molecule has 2 nitrogen and oxygen atoms in total. The van der Waals surface area contributed by atoms with Crippen LogP contribution in [0.15, 0.2) is 18.2 Å². The standard InChI is InChI=1S/C11H13Cl2NO/c1-14(6-7-15)5-4-9-2-3-10(12)11(13)8-9/h2-3,7-8H,4-6H2,1H3. The van der Waals surface area contributed by atoms with Crippen molar-refractivity contribution in [3.63, 3.8) is 0 Å². The largest absolute Gasteiger partial charge is 0.302 e. The average Bonchev–Trinajstić information content (AvgIpc) is 2.20. The van der Waals surface area contributed by atoms with E-state index in [2.05, 4.69) is 0 Å².